The van der Waals surface area contributed by atoms with Gasteiger partial charge in [0.2, 0.25) is 12.3 Å². The van der Waals surface area contributed by atoms with Gasteiger partial charge in [-0.25, -0.2) is 0 Å². The minimum absolute atomic E-state index is 0. The SMILES string of the molecule is [2H]c1c([2H])c(-c2c([2H])c([2H])c(N(c3ccccc3)c3ccc(-c4ccccc4)cc3)c3c([2H])c([2H])c([2H])c([2H])c23)c([2H])c([2H])c1-c1nnco1.[B]. The maximum absolute atomic E-state index is 9.44. The highest BCUT2D eigenvalue weighted by molar-refractivity contribution is 6.06. The summed E-state index contributed by atoms with van der Waals surface area (Å²) in [5.74, 6) is -0.250. The Morgan fingerprint density at radius 2 is 1.17 bits per heavy atom. The number of hydrogen-bond donors (Lipinski definition) is 0. The van der Waals surface area contributed by atoms with Crippen LogP contribution in [0.2, 0.25) is 0 Å². The van der Waals surface area contributed by atoms with Gasteiger partial charge in [-0.3, -0.25) is 0 Å². The van der Waals surface area contributed by atoms with Crippen molar-refractivity contribution in [1.29, 1.82) is 0 Å². The topological polar surface area (TPSA) is 42.2 Å². The summed E-state index contributed by atoms with van der Waals surface area (Å²) in [5.41, 5.74) is 1.97. The molecule has 3 radical (unpaired) electrons. The monoisotopic (exact) mass is 536 g/mol. The first kappa shape index (κ1) is 16.6. The van der Waals surface area contributed by atoms with Crippen LogP contribution in [-0.2, 0) is 0 Å². The Kier molecular flexibility index (Phi) is 4.61. The average molecular weight is 536 g/mol. The molecule has 5 heteroatoms. The van der Waals surface area contributed by atoms with Gasteiger partial charge in [0, 0.05) is 30.7 Å². The molecule has 41 heavy (non-hydrogen) atoms. The van der Waals surface area contributed by atoms with E-state index in [0.29, 0.717) is 11.4 Å². The number of para-hydroxylation sites is 1. The van der Waals surface area contributed by atoms with Crippen molar-refractivity contribution < 1.29 is 18.1 Å². The molecular formula is C36H25BN3O. The largest absolute Gasteiger partial charge is 0.423 e. The molecule has 0 atom stereocenters. The number of anilines is 3. The fourth-order valence-electron chi connectivity index (χ4n) is 4.52. The van der Waals surface area contributed by atoms with Crippen LogP contribution < -0.4 is 4.90 Å². The molecule has 0 aliphatic carbocycles. The Hall–Kier alpha value is -5.42. The van der Waals surface area contributed by atoms with Crippen molar-refractivity contribution in [3.05, 3.63) is 152 Å². The zero-order valence-corrected chi connectivity index (χ0v) is 21.5. The molecule has 1 heterocycles. The highest BCUT2D eigenvalue weighted by Crippen LogP contribution is 2.42. The Morgan fingerprint density at radius 1 is 0.561 bits per heavy atom. The van der Waals surface area contributed by atoms with E-state index < -0.39 is 66.0 Å². The number of fused-ring (bicyclic) bond motifs is 1. The normalized spacial score (nSPS) is 14.1. The zero-order chi connectivity index (χ0) is 35.4. The third kappa shape index (κ3) is 5.01. The lowest BCUT2D eigenvalue weighted by Crippen LogP contribution is -2.10. The van der Waals surface area contributed by atoms with E-state index in [9.17, 15) is 2.74 Å². The second-order valence-corrected chi connectivity index (χ2v) is 8.80. The van der Waals surface area contributed by atoms with E-state index in [4.69, 9.17) is 15.4 Å². The fourth-order valence-corrected chi connectivity index (χ4v) is 4.52. The molecule has 0 spiro atoms. The van der Waals surface area contributed by atoms with Crippen LogP contribution in [0.25, 0.3) is 44.5 Å². The van der Waals surface area contributed by atoms with Gasteiger partial charge in [0.15, 0.2) is 0 Å². The van der Waals surface area contributed by atoms with Gasteiger partial charge in [-0.15, -0.1) is 10.2 Å². The van der Waals surface area contributed by atoms with Crippen LogP contribution in [0.15, 0.2) is 156 Å². The molecule has 0 bridgehead atoms. The standard InChI is InChI=1S/C36H25N3O.B/c1-3-9-26(10-4-1)27-19-21-31(22-20-27)39(30-11-5-2-6-12-30)35-24-23-32(33-13-7-8-14-34(33)35)28-15-17-29(18-16-28)36-38-37-25-40-36;/h1-25H;/i7D,8D,13D,14D,15D,16D,17D,18D,23D,24D;. The van der Waals surface area contributed by atoms with E-state index in [1.165, 1.54) is 0 Å². The van der Waals surface area contributed by atoms with E-state index in [-0.39, 0.29) is 41.9 Å². The zero-order valence-electron chi connectivity index (χ0n) is 31.5. The van der Waals surface area contributed by atoms with Gasteiger partial charge >= 0.3 is 0 Å². The molecule has 0 amide bonds. The molecule has 6 aromatic carbocycles. The molecule has 0 saturated carbocycles. The minimum Gasteiger partial charge on any atom is -0.423 e. The van der Waals surface area contributed by atoms with E-state index in [0.717, 1.165) is 17.5 Å². The third-order valence-corrected chi connectivity index (χ3v) is 6.40. The van der Waals surface area contributed by atoms with Crippen molar-refractivity contribution in [3.63, 3.8) is 0 Å². The van der Waals surface area contributed by atoms with Crippen molar-refractivity contribution in [2.75, 3.05) is 4.90 Å². The Bertz CT molecular complexity index is 2400. The van der Waals surface area contributed by atoms with Crippen molar-refractivity contribution in [3.8, 4) is 33.7 Å². The van der Waals surface area contributed by atoms with Crippen molar-refractivity contribution in [2.24, 2.45) is 0 Å². The molecule has 0 aliphatic heterocycles. The Labute approximate surface area is 255 Å². The summed E-state index contributed by atoms with van der Waals surface area (Å²) in [5, 5.41) is 6.96. The molecule has 4 nitrogen and oxygen atoms in total. The summed E-state index contributed by atoms with van der Waals surface area (Å²) in [7, 11) is 0. The van der Waals surface area contributed by atoms with Crippen molar-refractivity contribution in [2.45, 2.75) is 0 Å². The first-order valence-electron chi connectivity index (χ1n) is 17.4. The summed E-state index contributed by atoms with van der Waals surface area (Å²) in [6.45, 7) is 0. The van der Waals surface area contributed by atoms with Gasteiger partial charge in [-0.05, 0) is 70.0 Å². The first-order chi connectivity index (χ1) is 24.0. The maximum Gasteiger partial charge on any atom is 0.247 e. The van der Waals surface area contributed by atoms with Crippen LogP contribution in [0.5, 0.6) is 0 Å². The first-order valence-corrected chi connectivity index (χ1v) is 12.4. The lowest BCUT2D eigenvalue weighted by molar-refractivity contribution is 0.568. The molecule has 193 valence electrons. The van der Waals surface area contributed by atoms with Gasteiger partial charge in [0.05, 0.1) is 19.4 Å². The second kappa shape index (κ2) is 11.4. The number of rotatable bonds is 6. The summed E-state index contributed by atoms with van der Waals surface area (Å²) in [6.07, 6.45) is 0.986. The van der Waals surface area contributed by atoms with Crippen LogP contribution in [0.1, 0.15) is 13.7 Å². The van der Waals surface area contributed by atoms with Crippen LogP contribution >= 0.6 is 0 Å². The van der Waals surface area contributed by atoms with Crippen molar-refractivity contribution >= 4 is 36.2 Å². The van der Waals surface area contributed by atoms with E-state index in [2.05, 4.69) is 10.2 Å². The molecule has 0 aliphatic rings. The van der Waals surface area contributed by atoms with Crippen LogP contribution in [0, 0.1) is 0 Å². The van der Waals surface area contributed by atoms with E-state index >= 15 is 0 Å². The lowest BCUT2D eigenvalue weighted by Gasteiger charge is -2.27. The maximum atomic E-state index is 9.44. The molecule has 1 aromatic heterocycles. The van der Waals surface area contributed by atoms with Gasteiger partial charge < -0.3 is 9.32 Å². The summed E-state index contributed by atoms with van der Waals surface area (Å²) in [6, 6.07) is 20.5. The van der Waals surface area contributed by atoms with Crippen molar-refractivity contribution in [1.82, 2.24) is 10.2 Å². The van der Waals surface area contributed by atoms with Gasteiger partial charge in [-0.1, -0.05) is 103 Å². The minimum atomic E-state index is -0.622. The predicted octanol–water partition coefficient (Wildman–Crippen LogP) is 9.31. The third-order valence-electron chi connectivity index (χ3n) is 6.40. The molecule has 7 rings (SSSR count). The summed E-state index contributed by atoms with van der Waals surface area (Å²) < 4.78 is 94.7. The number of benzene rings is 6. The highest BCUT2D eigenvalue weighted by atomic mass is 16.4. The highest BCUT2D eigenvalue weighted by Gasteiger charge is 2.17. The van der Waals surface area contributed by atoms with Crippen LogP contribution in [0.4, 0.5) is 17.1 Å². The number of nitrogens with zero attached hydrogens (tertiary/aromatic N) is 3. The summed E-state index contributed by atoms with van der Waals surface area (Å²) >= 11 is 0. The molecule has 0 N–H and O–H groups in total. The molecule has 0 saturated heterocycles. The van der Waals surface area contributed by atoms with Gasteiger partial charge in [0.25, 0.3) is 0 Å². The lowest BCUT2D eigenvalue weighted by atomic mass is 9.95. The number of hydrogen-bond acceptors (Lipinski definition) is 4. The predicted molar refractivity (Wildman–Crippen MR) is 169 cm³/mol. The van der Waals surface area contributed by atoms with Crippen LogP contribution in [-0.4, -0.2) is 18.6 Å². The fraction of sp³-hybridized carbons (Fsp3) is 0. The van der Waals surface area contributed by atoms with Gasteiger partial charge in [0.1, 0.15) is 0 Å². The number of aromatic nitrogens is 2. The smallest absolute Gasteiger partial charge is 0.247 e. The van der Waals surface area contributed by atoms with Gasteiger partial charge in [-0.2, -0.15) is 0 Å². The molecule has 0 fully saturated rings. The Morgan fingerprint density at radius 3 is 1.85 bits per heavy atom. The molecule has 7 aromatic rings. The average Bonchev–Trinajstić information content (AvgIpc) is 3.67. The summed E-state index contributed by atoms with van der Waals surface area (Å²) in [4.78, 5) is 1.65. The quantitative estimate of drug-likeness (QED) is 0.199. The molecular weight excluding hydrogens is 501 g/mol. The second-order valence-electron chi connectivity index (χ2n) is 8.80. The van der Waals surface area contributed by atoms with E-state index in [1.54, 1.807) is 29.2 Å². The molecule has 0 unspecified atom stereocenters. The van der Waals surface area contributed by atoms with E-state index in [1.807, 2.05) is 60.7 Å². The Balaban J connectivity index is 0.00000448. The van der Waals surface area contributed by atoms with Crippen LogP contribution in [0.3, 0.4) is 0 Å².